The second kappa shape index (κ2) is 9.17. The van der Waals surface area contributed by atoms with Gasteiger partial charge in [-0.05, 0) is 32.6 Å². The number of hydrogen-bond donors (Lipinski definition) is 2. The molecule has 0 aromatic rings. The van der Waals surface area contributed by atoms with E-state index in [1.165, 1.54) is 4.31 Å². The van der Waals surface area contributed by atoms with Gasteiger partial charge in [0.15, 0.2) is 0 Å². The molecule has 0 radical (unpaired) electrons. The zero-order chi connectivity index (χ0) is 16.2. The van der Waals surface area contributed by atoms with Gasteiger partial charge in [-0.3, -0.25) is 4.79 Å². The van der Waals surface area contributed by atoms with Crippen LogP contribution >= 0.6 is 12.4 Å². The van der Waals surface area contributed by atoms with E-state index in [4.69, 9.17) is 5.73 Å². The van der Waals surface area contributed by atoms with Crippen molar-refractivity contribution in [2.75, 3.05) is 32.7 Å². The first-order chi connectivity index (χ1) is 10.5. The maximum Gasteiger partial charge on any atom is 0.282 e. The number of carbonyl (C=O) groups is 1. The molecule has 2 unspecified atom stereocenters. The summed E-state index contributed by atoms with van der Waals surface area (Å²) in [5.74, 6) is -0.354. The predicted molar refractivity (Wildman–Crippen MR) is 92.5 cm³/mol. The topological polar surface area (TPSA) is 95.7 Å². The van der Waals surface area contributed by atoms with Crippen LogP contribution in [0.1, 0.15) is 39.0 Å². The molecular formula is C14H29ClN4O3S. The van der Waals surface area contributed by atoms with E-state index in [1.807, 2.05) is 6.92 Å². The van der Waals surface area contributed by atoms with Crippen LogP contribution in [0.4, 0.5) is 0 Å². The van der Waals surface area contributed by atoms with Gasteiger partial charge >= 0.3 is 0 Å². The Hall–Kier alpha value is -0.410. The summed E-state index contributed by atoms with van der Waals surface area (Å²) in [5, 5.41) is 2.76. The van der Waals surface area contributed by atoms with Crippen molar-refractivity contribution in [3.8, 4) is 0 Å². The van der Waals surface area contributed by atoms with Gasteiger partial charge in [0, 0.05) is 38.8 Å². The molecule has 2 heterocycles. The summed E-state index contributed by atoms with van der Waals surface area (Å²) in [6.45, 7) is 4.17. The van der Waals surface area contributed by atoms with E-state index in [0.29, 0.717) is 26.2 Å². The highest BCUT2D eigenvalue weighted by Crippen LogP contribution is 2.26. The molecule has 0 aromatic carbocycles. The lowest BCUT2D eigenvalue weighted by atomic mass is 9.99. The molecule has 0 spiro atoms. The van der Waals surface area contributed by atoms with Crippen molar-refractivity contribution < 1.29 is 13.2 Å². The molecule has 2 aliphatic rings. The van der Waals surface area contributed by atoms with Gasteiger partial charge in [-0.15, -0.1) is 12.4 Å². The summed E-state index contributed by atoms with van der Waals surface area (Å²) >= 11 is 0. The van der Waals surface area contributed by atoms with Crippen molar-refractivity contribution in [1.82, 2.24) is 13.9 Å². The zero-order valence-corrected chi connectivity index (χ0v) is 15.4. The number of amides is 1. The van der Waals surface area contributed by atoms with E-state index in [1.54, 1.807) is 4.31 Å². The van der Waals surface area contributed by atoms with Gasteiger partial charge in [0.1, 0.15) is 0 Å². The Morgan fingerprint density at radius 2 is 1.96 bits per heavy atom. The second-order valence-electron chi connectivity index (χ2n) is 6.24. The molecule has 0 aromatic heterocycles. The fourth-order valence-electron chi connectivity index (χ4n) is 3.27. The van der Waals surface area contributed by atoms with Gasteiger partial charge in [0.2, 0.25) is 5.91 Å². The van der Waals surface area contributed by atoms with Crippen molar-refractivity contribution in [1.29, 1.82) is 0 Å². The van der Waals surface area contributed by atoms with Crippen molar-refractivity contribution in [2.45, 2.75) is 45.1 Å². The van der Waals surface area contributed by atoms with Crippen molar-refractivity contribution >= 4 is 28.5 Å². The normalized spacial score (nSPS) is 27.2. The van der Waals surface area contributed by atoms with E-state index in [9.17, 15) is 13.2 Å². The minimum atomic E-state index is -3.46. The number of nitrogens with zero attached hydrogens (tertiary/aromatic N) is 2. The zero-order valence-electron chi connectivity index (χ0n) is 13.7. The summed E-state index contributed by atoms with van der Waals surface area (Å²) in [4.78, 5) is 12.1. The smallest absolute Gasteiger partial charge is 0.282 e. The number of carbonyl (C=O) groups excluding carboxylic acids is 1. The average Bonchev–Trinajstić information content (AvgIpc) is 2.53. The molecule has 1 amide bonds. The van der Waals surface area contributed by atoms with Crippen LogP contribution in [0.25, 0.3) is 0 Å². The third-order valence-electron chi connectivity index (χ3n) is 4.56. The number of nitrogens with two attached hydrogens (primary N) is 1. The molecule has 23 heavy (non-hydrogen) atoms. The third kappa shape index (κ3) is 5.03. The lowest BCUT2D eigenvalue weighted by molar-refractivity contribution is -0.126. The number of halogens is 1. The van der Waals surface area contributed by atoms with Gasteiger partial charge in [-0.1, -0.05) is 6.42 Å². The molecule has 2 atom stereocenters. The Morgan fingerprint density at radius 1 is 1.22 bits per heavy atom. The Labute approximate surface area is 145 Å². The summed E-state index contributed by atoms with van der Waals surface area (Å²) < 4.78 is 28.8. The number of nitrogens with one attached hydrogen (secondary N) is 1. The van der Waals surface area contributed by atoms with Crippen LogP contribution in [0.15, 0.2) is 0 Å². The van der Waals surface area contributed by atoms with E-state index in [2.05, 4.69) is 5.32 Å². The van der Waals surface area contributed by atoms with E-state index in [0.717, 1.165) is 32.1 Å². The fourth-order valence-corrected chi connectivity index (χ4v) is 5.21. The first-order valence-electron chi connectivity index (χ1n) is 8.21. The molecule has 0 aliphatic carbocycles. The molecule has 3 N–H and O–H groups in total. The Bertz CT molecular complexity index is 488. The van der Waals surface area contributed by atoms with E-state index >= 15 is 0 Å². The fraction of sp³-hybridized carbons (Fsp3) is 0.929. The van der Waals surface area contributed by atoms with E-state index < -0.39 is 10.2 Å². The van der Waals surface area contributed by atoms with Crippen LogP contribution in [0.3, 0.4) is 0 Å². The summed E-state index contributed by atoms with van der Waals surface area (Å²) in [5.41, 5.74) is 5.39. The summed E-state index contributed by atoms with van der Waals surface area (Å²) in [7, 11) is -3.46. The lowest BCUT2D eigenvalue weighted by Gasteiger charge is -2.39. The molecule has 136 valence electrons. The Kier molecular flexibility index (Phi) is 8.23. The minimum Gasteiger partial charge on any atom is -0.355 e. The lowest BCUT2D eigenvalue weighted by Crippen LogP contribution is -2.53. The predicted octanol–water partition coefficient (Wildman–Crippen LogP) is 0.314. The molecular weight excluding hydrogens is 340 g/mol. The van der Waals surface area contributed by atoms with Crippen LogP contribution in [0, 0.1) is 5.92 Å². The molecule has 7 nitrogen and oxygen atoms in total. The first-order valence-corrected chi connectivity index (χ1v) is 9.61. The highest BCUT2D eigenvalue weighted by Gasteiger charge is 2.38. The van der Waals surface area contributed by atoms with Crippen LogP contribution < -0.4 is 11.1 Å². The maximum absolute atomic E-state index is 12.8. The van der Waals surface area contributed by atoms with Gasteiger partial charge in [0.05, 0.1) is 5.92 Å². The Morgan fingerprint density at radius 3 is 2.61 bits per heavy atom. The molecule has 2 saturated heterocycles. The third-order valence-corrected chi connectivity index (χ3v) is 6.68. The highest BCUT2D eigenvalue weighted by molar-refractivity contribution is 7.86. The van der Waals surface area contributed by atoms with Gasteiger partial charge in [-0.25, -0.2) is 0 Å². The average molecular weight is 369 g/mol. The quantitative estimate of drug-likeness (QED) is 0.730. The first kappa shape index (κ1) is 20.6. The molecule has 0 saturated carbocycles. The van der Waals surface area contributed by atoms with Crippen LogP contribution in [-0.4, -0.2) is 61.7 Å². The number of piperidine rings is 2. The molecule has 2 rings (SSSR count). The van der Waals surface area contributed by atoms with Gasteiger partial charge in [0.25, 0.3) is 10.2 Å². The molecule has 0 bridgehead atoms. The monoisotopic (exact) mass is 368 g/mol. The van der Waals surface area contributed by atoms with Crippen LogP contribution in [0.5, 0.6) is 0 Å². The van der Waals surface area contributed by atoms with Crippen molar-refractivity contribution in [3.63, 3.8) is 0 Å². The Balaban J connectivity index is 0.00000264. The summed E-state index contributed by atoms with van der Waals surface area (Å²) in [6.07, 6.45) is 4.36. The summed E-state index contributed by atoms with van der Waals surface area (Å²) in [6, 6.07) is 0.0465. The number of rotatable bonds is 5. The molecule has 2 fully saturated rings. The maximum atomic E-state index is 12.8. The highest BCUT2D eigenvalue weighted by atomic mass is 35.5. The van der Waals surface area contributed by atoms with Crippen molar-refractivity contribution in [3.05, 3.63) is 0 Å². The largest absolute Gasteiger partial charge is 0.355 e. The van der Waals surface area contributed by atoms with E-state index in [-0.39, 0.29) is 36.8 Å². The van der Waals surface area contributed by atoms with Crippen LogP contribution in [0.2, 0.25) is 0 Å². The molecule has 2 aliphatic heterocycles. The number of hydrogen-bond acceptors (Lipinski definition) is 4. The van der Waals surface area contributed by atoms with Gasteiger partial charge < -0.3 is 11.1 Å². The SMILES string of the molecule is CC1CCCCN1S(=O)(=O)N1CCCC(C(=O)NCCN)C1.Cl. The van der Waals surface area contributed by atoms with Gasteiger partial charge in [-0.2, -0.15) is 17.0 Å². The van der Waals surface area contributed by atoms with Crippen LogP contribution in [-0.2, 0) is 15.0 Å². The standard InChI is InChI=1S/C14H28N4O3S.ClH/c1-12-5-2-3-10-18(12)22(20,21)17-9-4-6-13(11-17)14(19)16-8-7-15;/h12-13H,2-11,15H2,1H3,(H,16,19);1H. The minimum absolute atomic E-state index is 0. The molecule has 9 heteroatoms. The second-order valence-corrected chi connectivity index (χ2v) is 8.12. The van der Waals surface area contributed by atoms with Crippen molar-refractivity contribution in [2.24, 2.45) is 11.7 Å².